The van der Waals surface area contributed by atoms with E-state index in [9.17, 15) is 43.5 Å². The highest BCUT2D eigenvalue weighted by molar-refractivity contribution is 7.13. The molecule has 390 valence electrons. The molecule has 1 aromatic heterocycles. The molecule has 2 aromatic carbocycles. The number of carbonyl (C=O) groups excluding carboxylic acids is 8. The summed E-state index contributed by atoms with van der Waals surface area (Å²) < 4.78 is 27.3. The molecule has 0 aliphatic carbocycles. The fourth-order valence-electron chi connectivity index (χ4n) is 8.20. The highest BCUT2D eigenvalue weighted by Gasteiger charge is 2.46. The van der Waals surface area contributed by atoms with E-state index in [-0.39, 0.29) is 122 Å². The summed E-state index contributed by atoms with van der Waals surface area (Å²) in [4.78, 5) is 110. The number of hydrogen-bond donors (Lipinski definition) is 6. The lowest BCUT2D eigenvalue weighted by Crippen LogP contribution is -2.58. The number of aliphatic hydroxyl groups excluding tert-OH is 1. The number of nitrogens with one attached hydrogen (secondary N) is 5. The number of ether oxygens (including phenoxy) is 5. The Balaban J connectivity index is 0.759. The summed E-state index contributed by atoms with van der Waals surface area (Å²) in [6.45, 7) is 9.34. The van der Waals surface area contributed by atoms with Gasteiger partial charge in [0.05, 0.1) is 86.2 Å². The molecule has 0 saturated carbocycles. The van der Waals surface area contributed by atoms with Gasteiger partial charge in [-0.1, -0.05) is 51.1 Å². The number of aryl methyl sites for hydroxylation is 1. The second-order valence-corrected chi connectivity index (χ2v) is 19.2. The van der Waals surface area contributed by atoms with E-state index in [0.29, 0.717) is 12.3 Å². The van der Waals surface area contributed by atoms with Crippen LogP contribution in [-0.2, 0) is 59.0 Å². The van der Waals surface area contributed by atoms with Gasteiger partial charge in [-0.25, -0.2) is 4.98 Å². The Morgan fingerprint density at radius 3 is 2.08 bits per heavy atom. The van der Waals surface area contributed by atoms with E-state index in [1.807, 2.05) is 31.2 Å². The smallest absolute Gasteiger partial charge is 0.264 e. The van der Waals surface area contributed by atoms with Crippen molar-refractivity contribution in [2.75, 3.05) is 91.0 Å². The summed E-state index contributed by atoms with van der Waals surface area (Å²) in [5, 5.41) is 24.1. The van der Waals surface area contributed by atoms with Crippen LogP contribution >= 0.6 is 11.3 Å². The minimum absolute atomic E-state index is 0.0220. The molecule has 22 nitrogen and oxygen atoms in total. The molecule has 0 bridgehead atoms. The number of imide groups is 2. The Hall–Kier alpha value is -6.21. The maximum absolute atomic E-state index is 13.9. The summed E-state index contributed by atoms with van der Waals surface area (Å²) in [6.07, 6.45) is -0.738. The number of anilines is 1. The Kier molecular flexibility index (Phi) is 20.3. The number of fused-ring (bicyclic) bond motifs is 1. The third-order valence-electron chi connectivity index (χ3n) is 11.9. The maximum Gasteiger partial charge on any atom is 0.264 e. The molecule has 23 heteroatoms. The van der Waals surface area contributed by atoms with Gasteiger partial charge in [0.1, 0.15) is 31.3 Å². The van der Waals surface area contributed by atoms with Gasteiger partial charge in [-0.2, -0.15) is 0 Å². The van der Waals surface area contributed by atoms with E-state index in [1.54, 1.807) is 49.8 Å². The first-order valence-electron chi connectivity index (χ1n) is 23.8. The zero-order valence-corrected chi connectivity index (χ0v) is 41.8. The van der Waals surface area contributed by atoms with Gasteiger partial charge in [-0.05, 0) is 42.0 Å². The minimum Gasteiger partial charge on any atom is -0.391 e. The van der Waals surface area contributed by atoms with E-state index in [4.69, 9.17) is 23.7 Å². The average molecular weight is 1020 g/mol. The molecule has 6 rings (SSSR count). The zero-order chi connectivity index (χ0) is 51.8. The number of thiazole rings is 1. The van der Waals surface area contributed by atoms with Gasteiger partial charge in [-0.15, -0.1) is 11.3 Å². The van der Waals surface area contributed by atoms with Gasteiger partial charge in [0.2, 0.25) is 35.4 Å². The van der Waals surface area contributed by atoms with Gasteiger partial charge < -0.3 is 55.0 Å². The molecule has 3 aliphatic heterocycles. The summed E-state index contributed by atoms with van der Waals surface area (Å²) in [5.41, 5.74) is 4.60. The van der Waals surface area contributed by atoms with Crippen LogP contribution in [-0.4, -0.2) is 177 Å². The van der Waals surface area contributed by atoms with Gasteiger partial charge in [-0.3, -0.25) is 48.6 Å². The molecule has 0 radical (unpaired) electrons. The van der Waals surface area contributed by atoms with Gasteiger partial charge in [0.25, 0.3) is 11.8 Å². The van der Waals surface area contributed by atoms with Crippen LogP contribution in [0.2, 0.25) is 0 Å². The number of aliphatic hydroxyl groups is 1. The highest BCUT2D eigenvalue weighted by atomic mass is 32.1. The lowest BCUT2D eigenvalue weighted by molar-refractivity contribution is -0.144. The Morgan fingerprint density at radius 2 is 1.47 bits per heavy atom. The third-order valence-corrected chi connectivity index (χ3v) is 12.9. The second-order valence-electron chi connectivity index (χ2n) is 18.3. The van der Waals surface area contributed by atoms with E-state index in [2.05, 4.69) is 31.6 Å². The van der Waals surface area contributed by atoms with Crippen molar-refractivity contribution in [3.05, 3.63) is 70.4 Å². The van der Waals surface area contributed by atoms with Crippen molar-refractivity contribution in [1.29, 1.82) is 0 Å². The van der Waals surface area contributed by atoms with Gasteiger partial charge >= 0.3 is 0 Å². The van der Waals surface area contributed by atoms with Crippen molar-refractivity contribution in [3.8, 4) is 10.4 Å². The summed E-state index contributed by atoms with van der Waals surface area (Å²) in [5.74, 6) is -4.12. The van der Waals surface area contributed by atoms with E-state index in [0.717, 1.165) is 26.6 Å². The summed E-state index contributed by atoms with van der Waals surface area (Å²) in [7, 11) is 0. The van der Waals surface area contributed by atoms with Crippen LogP contribution in [0.1, 0.15) is 72.0 Å². The fourth-order valence-corrected chi connectivity index (χ4v) is 9.01. The molecule has 6 N–H and O–H groups in total. The number of β-amino-alcohol motifs (C(OH)–C–C–N with tert-alkyl or cyclic N) is 1. The summed E-state index contributed by atoms with van der Waals surface area (Å²) in [6, 6.07) is 9.57. The average Bonchev–Trinajstić information content (AvgIpc) is 4.04. The minimum atomic E-state index is -1.07. The lowest BCUT2D eigenvalue weighted by Gasteiger charge is -2.35. The first-order chi connectivity index (χ1) is 34.5. The van der Waals surface area contributed by atoms with E-state index in [1.165, 1.54) is 11.0 Å². The number of nitrogens with zero attached hydrogens (tertiary/aromatic N) is 3. The molecular weight excluding hydrogens is 957 g/mol. The second kappa shape index (κ2) is 26.5. The Bertz CT molecular complexity index is 2410. The van der Waals surface area contributed by atoms with Crippen LogP contribution in [0.5, 0.6) is 0 Å². The van der Waals surface area contributed by atoms with Crippen molar-refractivity contribution >= 4 is 64.3 Å². The first-order valence-corrected chi connectivity index (χ1v) is 24.7. The molecular formula is C49H64N8O14S. The quantitative estimate of drug-likeness (QED) is 0.0458. The van der Waals surface area contributed by atoms with E-state index >= 15 is 0 Å². The molecule has 4 atom stereocenters. The van der Waals surface area contributed by atoms with Crippen LogP contribution in [0, 0.1) is 12.3 Å². The number of hydrogen-bond acceptors (Lipinski definition) is 17. The first kappa shape index (κ1) is 55.1. The SMILES string of the molecule is Cc1ncsc1-c1ccc(CNC(=O)[C@@H]2C[C@@H](O)CN2C(=O)[C@@H](NC(=O)COCCOCCOCCOCCOCC(=O)NCCNc2cccc3c2C(=O)N(C2CCC(=O)NC2=O)C3=O)C(C)(C)C)cc1. The van der Waals surface area contributed by atoms with E-state index < -0.39 is 71.0 Å². The number of benzene rings is 2. The predicted molar refractivity (Wildman–Crippen MR) is 260 cm³/mol. The largest absolute Gasteiger partial charge is 0.391 e. The van der Waals surface area contributed by atoms with Crippen LogP contribution in [0.25, 0.3) is 10.4 Å². The number of likely N-dealkylation sites (tertiary alicyclic amines) is 1. The number of rotatable bonds is 27. The topological polar surface area (TPSA) is 282 Å². The Morgan fingerprint density at radius 1 is 0.833 bits per heavy atom. The van der Waals surface area contributed by atoms with Gasteiger partial charge in [0, 0.05) is 44.7 Å². The Labute approximate surface area is 421 Å². The van der Waals surface area contributed by atoms with Crippen LogP contribution in [0.3, 0.4) is 0 Å². The van der Waals surface area contributed by atoms with Crippen LogP contribution in [0.15, 0.2) is 48.0 Å². The molecule has 3 aliphatic rings. The molecule has 4 heterocycles. The molecule has 2 saturated heterocycles. The number of aromatic nitrogens is 1. The standard InChI is InChI=1S/C49H64N8O14S/c1-30-42(72-29-53-30)32-10-8-31(9-11-32)25-52-44(62)37-24-33(58)26-56(37)48(66)43(49(2,3)4)54-40(61)28-71-23-21-69-19-17-67-16-18-68-20-22-70-27-39(60)51-15-14-50-35-7-5-6-34-41(35)47(65)57(46(34)64)36-12-13-38(59)55-45(36)63/h5-11,29,33,36-37,43,50,58H,12-28H2,1-4H3,(H,51,60)(H,52,62)(H,54,61)(H,55,59,63)/t33-,36?,37+,43-/m1/s1. The van der Waals surface area contributed by atoms with Gasteiger partial charge in [0.15, 0.2) is 0 Å². The molecule has 72 heavy (non-hydrogen) atoms. The normalized spacial score (nSPS) is 18.2. The maximum atomic E-state index is 13.9. The van der Waals surface area contributed by atoms with Crippen LogP contribution in [0.4, 0.5) is 5.69 Å². The summed E-state index contributed by atoms with van der Waals surface area (Å²) >= 11 is 1.56. The van der Waals surface area contributed by atoms with Crippen molar-refractivity contribution < 1.29 is 67.1 Å². The fraction of sp³-hybridized carbons (Fsp3) is 0.531. The number of amides is 8. The lowest BCUT2D eigenvalue weighted by atomic mass is 9.85. The number of carbonyl (C=O) groups is 8. The van der Waals surface area contributed by atoms with Crippen molar-refractivity contribution in [2.24, 2.45) is 5.41 Å². The molecule has 8 amide bonds. The third kappa shape index (κ3) is 15.2. The molecule has 0 spiro atoms. The highest BCUT2D eigenvalue weighted by Crippen LogP contribution is 2.33. The van der Waals surface area contributed by atoms with Crippen molar-refractivity contribution in [1.82, 2.24) is 36.1 Å². The predicted octanol–water partition coefficient (Wildman–Crippen LogP) is 0.940. The zero-order valence-electron chi connectivity index (χ0n) is 41.0. The monoisotopic (exact) mass is 1020 g/mol. The van der Waals surface area contributed by atoms with Crippen LogP contribution < -0.4 is 26.6 Å². The van der Waals surface area contributed by atoms with Crippen molar-refractivity contribution in [2.45, 2.75) is 77.7 Å². The molecule has 1 unspecified atom stereocenters. The molecule has 3 aromatic rings. The molecule has 2 fully saturated rings. The number of piperidine rings is 1. The van der Waals surface area contributed by atoms with Crippen molar-refractivity contribution in [3.63, 3.8) is 0 Å².